The molecule has 1 amide bonds. The van der Waals surface area contributed by atoms with E-state index in [1.165, 1.54) is 0 Å². The number of hydrogen-bond acceptors (Lipinski definition) is 5. The van der Waals surface area contributed by atoms with Crippen LogP contribution in [0.1, 0.15) is 40.4 Å². The third-order valence-electron chi connectivity index (χ3n) is 6.08. The minimum Gasteiger partial charge on any atom is -0.367 e. The van der Waals surface area contributed by atoms with Gasteiger partial charge in [-0.2, -0.15) is 0 Å². The van der Waals surface area contributed by atoms with Crippen LogP contribution in [0.2, 0.25) is 10.0 Å². The number of halogens is 2. The molecule has 1 saturated heterocycles. The number of aromatic nitrogens is 2. The summed E-state index contributed by atoms with van der Waals surface area (Å²) in [5, 5.41) is 4.65. The van der Waals surface area contributed by atoms with Crippen molar-refractivity contribution in [1.82, 2.24) is 14.9 Å². The highest BCUT2D eigenvalue weighted by atomic mass is 35.5. The van der Waals surface area contributed by atoms with E-state index in [2.05, 4.69) is 20.2 Å². The van der Waals surface area contributed by atoms with Gasteiger partial charge < -0.3 is 15.1 Å². The lowest BCUT2D eigenvalue weighted by Crippen LogP contribution is -2.35. The van der Waals surface area contributed by atoms with E-state index in [1.54, 1.807) is 18.5 Å². The zero-order chi connectivity index (χ0) is 22.1. The smallest absolute Gasteiger partial charge is 0.256 e. The molecule has 2 aromatic heterocycles. The van der Waals surface area contributed by atoms with Crippen LogP contribution in [0, 0.1) is 0 Å². The molecule has 0 aliphatic carbocycles. The van der Waals surface area contributed by atoms with Crippen molar-refractivity contribution >= 4 is 40.6 Å². The van der Waals surface area contributed by atoms with Gasteiger partial charge in [-0.1, -0.05) is 29.3 Å². The summed E-state index contributed by atoms with van der Waals surface area (Å²) in [6, 6.07) is 11.4. The Morgan fingerprint density at radius 2 is 2.06 bits per heavy atom. The zero-order valence-corrected chi connectivity index (χ0v) is 19.0. The first-order chi connectivity index (χ1) is 15.6. The van der Waals surface area contributed by atoms with E-state index in [0.29, 0.717) is 22.2 Å². The van der Waals surface area contributed by atoms with Crippen LogP contribution in [0.5, 0.6) is 0 Å². The second-order valence-corrected chi connectivity index (χ2v) is 8.96. The van der Waals surface area contributed by atoms with E-state index in [-0.39, 0.29) is 11.9 Å². The topological polar surface area (TPSA) is 61.4 Å². The van der Waals surface area contributed by atoms with Gasteiger partial charge in [0.15, 0.2) is 0 Å². The molecule has 1 unspecified atom stereocenters. The summed E-state index contributed by atoms with van der Waals surface area (Å²) in [6.07, 6.45) is 7.19. The van der Waals surface area contributed by atoms with Crippen LogP contribution in [0.15, 0.2) is 55.0 Å². The van der Waals surface area contributed by atoms with Gasteiger partial charge in [0.2, 0.25) is 0 Å². The highest BCUT2D eigenvalue weighted by Gasteiger charge is 2.32. The Bertz CT molecular complexity index is 1140. The first-order valence-electron chi connectivity index (χ1n) is 10.7. The normalized spacial score (nSPS) is 17.8. The molecule has 1 aromatic carbocycles. The summed E-state index contributed by atoms with van der Waals surface area (Å²) in [4.78, 5) is 26.4. The number of benzene rings is 1. The molecule has 1 N–H and O–H groups in total. The molecule has 6 nitrogen and oxygen atoms in total. The molecule has 8 heteroatoms. The molecular formula is C24H23Cl2N5O. The largest absolute Gasteiger partial charge is 0.367 e. The van der Waals surface area contributed by atoms with Crippen molar-refractivity contribution in [3.05, 3.63) is 81.7 Å². The van der Waals surface area contributed by atoms with E-state index in [0.717, 1.165) is 55.1 Å². The lowest BCUT2D eigenvalue weighted by Gasteiger charge is -2.32. The van der Waals surface area contributed by atoms with Gasteiger partial charge in [0.25, 0.3) is 5.91 Å². The van der Waals surface area contributed by atoms with Gasteiger partial charge in [-0.15, -0.1) is 0 Å². The third-order valence-corrected chi connectivity index (χ3v) is 6.69. The molecule has 4 heterocycles. The Morgan fingerprint density at radius 3 is 2.91 bits per heavy atom. The average Bonchev–Trinajstić information content (AvgIpc) is 3.31. The van der Waals surface area contributed by atoms with Crippen molar-refractivity contribution in [3.8, 4) is 0 Å². The molecule has 2 aliphatic heterocycles. The number of amides is 1. The fourth-order valence-electron chi connectivity index (χ4n) is 4.51. The number of hydrogen-bond donors (Lipinski definition) is 1. The zero-order valence-electron chi connectivity index (χ0n) is 17.5. The van der Waals surface area contributed by atoms with E-state index in [9.17, 15) is 4.79 Å². The third kappa shape index (κ3) is 4.12. The lowest BCUT2D eigenvalue weighted by molar-refractivity contribution is 0.0735. The molecule has 32 heavy (non-hydrogen) atoms. The number of rotatable bonds is 4. The number of pyridine rings is 2. The van der Waals surface area contributed by atoms with Crippen LogP contribution < -0.4 is 10.2 Å². The Labute approximate surface area is 197 Å². The van der Waals surface area contributed by atoms with Crippen LogP contribution in [-0.4, -0.2) is 40.4 Å². The minimum absolute atomic E-state index is 0.00188. The summed E-state index contributed by atoms with van der Waals surface area (Å²) in [5.41, 5.74) is 3.50. The van der Waals surface area contributed by atoms with Gasteiger partial charge in [-0.25, -0.2) is 4.98 Å². The highest BCUT2D eigenvalue weighted by Crippen LogP contribution is 2.35. The Hall–Kier alpha value is -2.83. The van der Waals surface area contributed by atoms with Crippen LogP contribution in [0.25, 0.3) is 0 Å². The molecule has 5 rings (SSSR count). The number of fused-ring (bicyclic) bond motifs is 1. The van der Waals surface area contributed by atoms with Crippen LogP contribution >= 0.6 is 23.2 Å². The highest BCUT2D eigenvalue weighted by molar-refractivity contribution is 6.33. The predicted molar refractivity (Wildman–Crippen MR) is 127 cm³/mol. The number of carbonyl (C=O) groups is 1. The van der Waals surface area contributed by atoms with Crippen molar-refractivity contribution in [2.75, 3.05) is 29.9 Å². The van der Waals surface area contributed by atoms with Crippen LogP contribution in [0.3, 0.4) is 0 Å². The van der Waals surface area contributed by atoms with Gasteiger partial charge in [-0.05, 0) is 54.3 Å². The monoisotopic (exact) mass is 467 g/mol. The number of carbonyl (C=O) groups excluding carboxylic acids is 1. The first kappa shape index (κ1) is 21.0. The number of likely N-dealkylation sites (tertiary alicyclic amines) is 1. The predicted octanol–water partition coefficient (Wildman–Crippen LogP) is 5.19. The standard InChI is InChI=1S/C24H23Cl2N5O/c25-19-5-6-20(26)18(11-19)15-30-10-8-28-23-22(30)12-17(14-29-23)24(32)31-9-2-4-21(31)16-3-1-7-27-13-16/h1,3,5-7,11-14,21H,2,4,8-10,15H2,(H,28,29). The Kier molecular flexibility index (Phi) is 5.89. The van der Waals surface area contributed by atoms with E-state index >= 15 is 0 Å². The van der Waals surface area contributed by atoms with Gasteiger partial charge in [0, 0.05) is 54.8 Å². The maximum atomic E-state index is 13.5. The summed E-state index contributed by atoms with van der Waals surface area (Å²) < 4.78 is 0. The van der Waals surface area contributed by atoms with Crippen molar-refractivity contribution in [1.29, 1.82) is 0 Å². The maximum Gasteiger partial charge on any atom is 0.256 e. The van der Waals surface area contributed by atoms with Crippen molar-refractivity contribution in [3.63, 3.8) is 0 Å². The van der Waals surface area contributed by atoms with Crippen molar-refractivity contribution in [2.24, 2.45) is 0 Å². The van der Waals surface area contributed by atoms with E-state index < -0.39 is 0 Å². The molecule has 164 valence electrons. The quantitative estimate of drug-likeness (QED) is 0.571. The van der Waals surface area contributed by atoms with Crippen LogP contribution in [-0.2, 0) is 6.54 Å². The second kappa shape index (κ2) is 8.96. The number of anilines is 2. The van der Waals surface area contributed by atoms with Crippen molar-refractivity contribution < 1.29 is 4.79 Å². The summed E-state index contributed by atoms with van der Waals surface area (Å²) >= 11 is 12.6. The van der Waals surface area contributed by atoms with Gasteiger partial charge in [0.05, 0.1) is 17.3 Å². The second-order valence-electron chi connectivity index (χ2n) is 8.12. The molecular weight excluding hydrogens is 445 g/mol. The Morgan fingerprint density at radius 1 is 1.16 bits per heavy atom. The number of nitrogens with zero attached hydrogens (tertiary/aromatic N) is 4. The van der Waals surface area contributed by atoms with E-state index in [1.807, 2.05) is 41.4 Å². The summed E-state index contributed by atoms with van der Waals surface area (Å²) in [7, 11) is 0. The van der Waals surface area contributed by atoms with Crippen molar-refractivity contribution in [2.45, 2.75) is 25.4 Å². The fraction of sp³-hybridized carbons (Fsp3) is 0.292. The minimum atomic E-state index is -0.00188. The average molecular weight is 468 g/mol. The summed E-state index contributed by atoms with van der Waals surface area (Å²) in [5.74, 6) is 0.772. The molecule has 3 aromatic rings. The molecule has 1 fully saturated rings. The maximum absolute atomic E-state index is 13.5. The number of nitrogens with one attached hydrogen (secondary N) is 1. The molecule has 0 radical (unpaired) electrons. The molecule has 0 bridgehead atoms. The molecule has 0 spiro atoms. The SMILES string of the molecule is O=C(c1cnc2c(c1)N(Cc1cc(Cl)ccc1Cl)CCN2)N1CCCC1c1cccnc1. The molecule has 2 aliphatic rings. The van der Waals surface area contributed by atoms with Crippen LogP contribution in [0.4, 0.5) is 11.5 Å². The van der Waals surface area contributed by atoms with E-state index in [4.69, 9.17) is 23.2 Å². The Balaban J connectivity index is 1.42. The lowest BCUT2D eigenvalue weighted by atomic mass is 10.1. The fourth-order valence-corrected chi connectivity index (χ4v) is 4.88. The van der Waals surface area contributed by atoms with Gasteiger partial charge in [-0.3, -0.25) is 9.78 Å². The van der Waals surface area contributed by atoms with Gasteiger partial charge in [0.1, 0.15) is 5.82 Å². The van der Waals surface area contributed by atoms with Gasteiger partial charge >= 0.3 is 0 Å². The molecule has 0 saturated carbocycles. The first-order valence-corrected chi connectivity index (χ1v) is 11.5. The summed E-state index contributed by atoms with van der Waals surface area (Å²) in [6.45, 7) is 2.86. The molecule has 1 atom stereocenters.